The number of nitrogens with zero attached hydrogens (tertiary/aromatic N) is 2. The third-order valence-electron chi connectivity index (χ3n) is 4.81. The summed E-state index contributed by atoms with van der Waals surface area (Å²) in [7, 11) is 1.43. The van der Waals surface area contributed by atoms with Crippen molar-refractivity contribution in [2.45, 2.75) is 19.4 Å². The summed E-state index contributed by atoms with van der Waals surface area (Å²) in [5.41, 5.74) is 12.3. The van der Waals surface area contributed by atoms with Crippen LogP contribution in [-0.2, 0) is 4.79 Å². The average Bonchev–Trinajstić information content (AvgIpc) is 3.18. The molecule has 7 N–H and O–H groups in total. The second kappa shape index (κ2) is 12.5. The van der Waals surface area contributed by atoms with Crippen LogP contribution in [0.4, 0.5) is 10.8 Å². The molecule has 0 aliphatic carbocycles. The van der Waals surface area contributed by atoms with Crippen molar-refractivity contribution in [2.24, 2.45) is 16.5 Å². The van der Waals surface area contributed by atoms with Gasteiger partial charge in [0.05, 0.1) is 31.0 Å². The summed E-state index contributed by atoms with van der Waals surface area (Å²) in [6.45, 7) is 1.64. The van der Waals surface area contributed by atoms with Gasteiger partial charge in [-0.25, -0.2) is 4.98 Å². The first-order valence-corrected chi connectivity index (χ1v) is 11.1. The van der Waals surface area contributed by atoms with E-state index in [2.05, 4.69) is 20.6 Å². The molecule has 0 aliphatic rings. The summed E-state index contributed by atoms with van der Waals surface area (Å²) < 4.78 is 5.32. The van der Waals surface area contributed by atoms with Crippen LogP contribution in [0.5, 0.6) is 5.75 Å². The first-order chi connectivity index (χ1) is 16.7. The number of nitrogens with one attached hydrogen (secondary N) is 2. The second-order valence-electron chi connectivity index (χ2n) is 7.35. The van der Waals surface area contributed by atoms with Gasteiger partial charge in [0.15, 0.2) is 5.96 Å². The maximum atomic E-state index is 13.0. The lowest BCUT2D eigenvalue weighted by Gasteiger charge is -2.18. The molecule has 0 fully saturated rings. The zero-order valence-electron chi connectivity index (χ0n) is 19.3. The van der Waals surface area contributed by atoms with E-state index in [0.29, 0.717) is 17.0 Å². The number of ether oxygens (including phenoxy) is 1. The number of carboxylic acid groups (broad SMARTS) is 1. The molecule has 1 aromatic heterocycles. The Labute approximate surface area is 217 Å². The molecule has 3 aromatic rings. The molecule has 0 aliphatic heterocycles. The van der Waals surface area contributed by atoms with Crippen LogP contribution in [0.1, 0.15) is 43.7 Å². The topological polar surface area (TPSA) is 182 Å². The Kier molecular flexibility index (Phi) is 9.76. The first kappa shape index (κ1) is 28.1. The molecule has 0 radical (unpaired) electrons. The fraction of sp³-hybridized carbons (Fsp3) is 0.174. The zero-order chi connectivity index (χ0) is 25.5. The van der Waals surface area contributed by atoms with E-state index in [-0.39, 0.29) is 46.0 Å². The third kappa shape index (κ3) is 7.17. The van der Waals surface area contributed by atoms with Crippen LogP contribution in [-0.4, -0.2) is 40.9 Å². The summed E-state index contributed by atoms with van der Waals surface area (Å²) in [5, 5.41) is 15.0. The number of guanidine groups is 1. The maximum Gasteiger partial charge on any atom is 0.305 e. The highest BCUT2D eigenvalue weighted by Crippen LogP contribution is 2.30. The van der Waals surface area contributed by atoms with Crippen molar-refractivity contribution in [2.75, 3.05) is 12.4 Å². The molecule has 3 rings (SSSR count). The molecule has 0 saturated heterocycles. The highest BCUT2D eigenvalue weighted by Gasteiger charge is 2.21. The molecule has 0 spiro atoms. The number of nitrogens with two attached hydrogens (primary N) is 2. The number of anilines is 1. The van der Waals surface area contributed by atoms with Crippen LogP contribution in [0.2, 0.25) is 0 Å². The lowest BCUT2D eigenvalue weighted by atomic mass is 10.0. The Hall–Kier alpha value is -4.16. The summed E-state index contributed by atoms with van der Waals surface area (Å²) in [6.07, 6.45) is -0.293. The molecule has 190 valence electrons. The van der Waals surface area contributed by atoms with Crippen molar-refractivity contribution >= 4 is 58.3 Å². The predicted molar refractivity (Wildman–Crippen MR) is 139 cm³/mol. The standard InChI is InChI=1S/C23H24N6O5S.ClH/c1-12-19(35-23(26-12)29-22(24)25)21(33)28-16-10-14(8-9-17(16)34-2)20(32)27-15(11-18(30)31)13-6-4-3-5-7-13;/h3-10,15H,11H2,1-2H3,(H,27,32)(H,28,33)(H,30,31)(H4,24,25,26,29);1H. The number of amides is 2. The molecule has 36 heavy (non-hydrogen) atoms. The normalized spacial score (nSPS) is 10.9. The minimum Gasteiger partial charge on any atom is -0.495 e. The zero-order valence-corrected chi connectivity index (χ0v) is 21.0. The number of aryl methyl sites for hydroxylation is 1. The number of aliphatic imine (C=N–C) groups is 1. The van der Waals surface area contributed by atoms with Crippen molar-refractivity contribution in [1.29, 1.82) is 0 Å². The van der Waals surface area contributed by atoms with Crippen molar-refractivity contribution in [3.63, 3.8) is 0 Å². The highest BCUT2D eigenvalue weighted by atomic mass is 35.5. The lowest BCUT2D eigenvalue weighted by Crippen LogP contribution is -2.30. The highest BCUT2D eigenvalue weighted by molar-refractivity contribution is 7.17. The van der Waals surface area contributed by atoms with Crippen LogP contribution >= 0.6 is 23.7 Å². The van der Waals surface area contributed by atoms with E-state index < -0.39 is 23.8 Å². The van der Waals surface area contributed by atoms with Gasteiger partial charge in [0.25, 0.3) is 11.8 Å². The van der Waals surface area contributed by atoms with Gasteiger partial charge in [-0.2, -0.15) is 4.99 Å². The molecule has 0 bridgehead atoms. The smallest absolute Gasteiger partial charge is 0.305 e. The van der Waals surface area contributed by atoms with Gasteiger partial charge < -0.3 is 31.9 Å². The predicted octanol–water partition coefficient (Wildman–Crippen LogP) is 2.98. The van der Waals surface area contributed by atoms with E-state index in [4.69, 9.17) is 16.2 Å². The number of thiazole rings is 1. The van der Waals surface area contributed by atoms with Crippen molar-refractivity contribution < 1.29 is 24.2 Å². The van der Waals surface area contributed by atoms with Gasteiger partial charge in [0.2, 0.25) is 5.13 Å². The van der Waals surface area contributed by atoms with E-state index in [1.165, 1.54) is 25.3 Å². The fourth-order valence-electron chi connectivity index (χ4n) is 3.23. The van der Waals surface area contributed by atoms with Crippen molar-refractivity contribution in [1.82, 2.24) is 10.3 Å². The van der Waals surface area contributed by atoms with Crippen LogP contribution in [0.3, 0.4) is 0 Å². The number of carbonyl (C=O) groups is 3. The number of hydrogen-bond donors (Lipinski definition) is 5. The SMILES string of the molecule is COc1ccc(C(=O)NC(CC(=O)O)c2ccccc2)cc1NC(=O)c1sc(N=C(N)N)nc1C.Cl. The van der Waals surface area contributed by atoms with Gasteiger partial charge >= 0.3 is 5.97 Å². The summed E-state index contributed by atoms with van der Waals surface area (Å²) in [5.74, 6) is -1.90. The van der Waals surface area contributed by atoms with Gasteiger partial charge in [-0.1, -0.05) is 41.7 Å². The fourth-order valence-corrected chi connectivity index (χ4v) is 4.08. The number of carboxylic acids is 1. The third-order valence-corrected chi connectivity index (χ3v) is 5.86. The first-order valence-electron chi connectivity index (χ1n) is 10.3. The summed E-state index contributed by atoms with van der Waals surface area (Å²) in [4.78, 5) is 45.5. The van der Waals surface area contributed by atoms with E-state index in [1.807, 2.05) is 0 Å². The quantitative estimate of drug-likeness (QED) is 0.206. The number of carbonyl (C=O) groups excluding carboxylic acids is 2. The Bertz CT molecular complexity index is 1280. The molecular weight excluding hydrogens is 508 g/mol. The minimum absolute atomic E-state index is 0. The largest absolute Gasteiger partial charge is 0.495 e. The number of benzene rings is 2. The number of aliphatic carboxylic acids is 1. The van der Waals surface area contributed by atoms with E-state index in [0.717, 1.165) is 11.3 Å². The van der Waals surface area contributed by atoms with Crippen LogP contribution in [0.15, 0.2) is 53.5 Å². The second-order valence-corrected chi connectivity index (χ2v) is 8.33. The van der Waals surface area contributed by atoms with Gasteiger partial charge in [-0.15, -0.1) is 12.4 Å². The van der Waals surface area contributed by atoms with E-state index in [1.54, 1.807) is 37.3 Å². The average molecular weight is 533 g/mol. The Morgan fingerprint density at radius 2 is 1.83 bits per heavy atom. The van der Waals surface area contributed by atoms with Crippen LogP contribution in [0, 0.1) is 6.92 Å². The Morgan fingerprint density at radius 3 is 2.44 bits per heavy atom. The number of rotatable bonds is 9. The Morgan fingerprint density at radius 1 is 1.14 bits per heavy atom. The number of methoxy groups -OCH3 is 1. The molecule has 11 nitrogen and oxygen atoms in total. The molecule has 2 amide bonds. The van der Waals surface area contributed by atoms with Gasteiger partial charge in [0, 0.05) is 5.56 Å². The number of halogens is 1. The van der Waals surface area contributed by atoms with Crippen molar-refractivity contribution in [3.8, 4) is 5.75 Å². The lowest BCUT2D eigenvalue weighted by molar-refractivity contribution is -0.137. The molecule has 1 unspecified atom stereocenters. The Balaban J connectivity index is 0.00000456. The number of aromatic nitrogens is 1. The van der Waals surface area contributed by atoms with E-state index in [9.17, 15) is 19.5 Å². The minimum atomic E-state index is -1.05. The van der Waals surface area contributed by atoms with Crippen molar-refractivity contribution in [3.05, 3.63) is 70.2 Å². The van der Waals surface area contributed by atoms with E-state index >= 15 is 0 Å². The van der Waals surface area contributed by atoms with Gasteiger partial charge in [0.1, 0.15) is 10.6 Å². The van der Waals surface area contributed by atoms with Crippen LogP contribution in [0.25, 0.3) is 0 Å². The molecule has 1 atom stereocenters. The summed E-state index contributed by atoms with van der Waals surface area (Å²) >= 11 is 1.00. The maximum absolute atomic E-state index is 13.0. The van der Waals surface area contributed by atoms with Crippen LogP contribution < -0.4 is 26.8 Å². The molecule has 0 saturated carbocycles. The molecule has 2 aromatic carbocycles. The number of hydrogen-bond acceptors (Lipinski definition) is 7. The molecular formula is C23H25ClN6O5S. The summed E-state index contributed by atoms with van der Waals surface area (Å²) in [6, 6.07) is 12.5. The van der Waals surface area contributed by atoms with Gasteiger partial charge in [-0.05, 0) is 30.7 Å². The van der Waals surface area contributed by atoms with Gasteiger partial charge in [-0.3, -0.25) is 14.4 Å². The monoisotopic (exact) mass is 532 g/mol. The molecule has 13 heteroatoms. The molecule has 1 heterocycles.